The highest BCUT2D eigenvalue weighted by atomic mass is 16.3. The molecule has 3 aromatic rings. The van der Waals surface area contributed by atoms with Gasteiger partial charge in [-0.25, -0.2) is 0 Å². The molecule has 3 rings (SSSR count). The molecule has 0 saturated heterocycles. The van der Waals surface area contributed by atoms with Gasteiger partial charge in [0, 0.05) is 25.0 Å². The van der Waals surface area contributed by atoms with Crippen LogP contribution >= 0.6 is 0 Å². The Morgan fingerprint density at radius 2 is 1.67 bits per heavy atom. The second kappa shape index (κ2) is 6.57. The zero-order valence-electron chi connectivity index (χ0n) is 12.0. The molecular weight excluding hydrogens is 260 g/mol. The molecule has 3 heteroatoms. The lowest BCUT2D eigenvalue weighted by molar-refractivity contribution is 0.244. The van der Waals surface area contributed by atoms with Gasteiger partial charge in [0.05, 0.1) is 6.54 Å². The zero-order chi connectivity index (χ0) is 14.5. The summed E-state index contributed by atoms with van der Waals surface area (Å²) in [4.78, 5) is 2.31. The summed E-state index contributed by atoms with van der Waals surface area (Å²) in [7, 11) is 0. The lowest BCUT2D eigenvalue weighted by Gasteiger charge is -2.20. The largest absolute Gasteiger partial charge is 0.460 e. The van der Waals surface area contributed by atoms with E-state index < -0.39 is 0 Å². The summed E-state index contributed by atoms with van der Waals surface area (Å²) in [6.07, 6.45) is 0. The minimum absolute atomic E-state index is 0.646. The summed E-state index contributed by atoms with van der Waals surface area (Å²) in [5.74, 6) is 0.987. The summed E-state index contributed by atoms with van der Waals surface area (Å²) in [6.45, 7) is 3.16. The van der Waals surface area contributed by atoms with E-state index in [1.807, 2.05) is 24.3 Å². The summed E-state index contributed by atoms with van der Waals surface area (Å²) in [5.41, 5.74) is 7.98. The highest BCUT2D eigenvalue weighted by Crippen LogP contribution is 2.20. The number of para-hydroxylation sites is 1. The third-order valence-corrected chi connectivity index (χ3v) is 3.55. The third kappa shape index (κ3) is 3.51. The number of furan rings is 1. The van der Waals surface area contributed by atoms with Crippen LogP contribution in [0, 0.1) is 0 Å². The van der Waals surface area contributed by atoms with Crippen LogP contribution in [-0.2, 0) is 13.1 Å². The SMILES string of the molecule is NCCN(Cc1ccccc1)Cc1cc2ccccc2o1. The van der Waals surface area contributed by atoms with Gasteiger partial charge in [-0.15, -0.1) is 0 Å². The van der Waals surface area contributed by atoms with E-state index in [0.29, 0.717) is 6.54 Å². The molecule has 0 aliphatic rings. The summed E-state index contributed by atoms with van der Waals surface area (Å²) >= 11 is 0. The highest BCUT2D eigenvalue weighted by molar-refractivity contribution is 5.77. The normalized spacial score (nSPS) is 11.3. The molecular formula is C18H20N2O. The average molecular weight is 280 g/mol. The quantitative estimate of drug-likeness (QED) is 0.752. The zero-order valence-corrected chi connectivity index (χ0v) is 12.0. The molecule has 2 N–H and O–H groups in total. The third-order valence-electron chi connectivity index (χ3n) is 3.55. The van der Waals surface area contributed by atoms with Crippen molar-refractivity contribution in [2.75, 3.05) is 13.1 Å². The van der Waals surface area contributed by atoms with Crippen LogP contribution in [-0.4, -0.2) is 18.0 Å². The Balaban J connectivity index is 1.75. The molecule has 1 heterocycles. The molecule has 0 amide bonds. The molecule has 0 aliphatic heterocycles. The van der Waals surface area contributed by atoms with Gasteiger partial charge in [0.2, 0.25) is 0 Å². The number of fused-ring (bicyclic) bond motifs is 1. The highest BCUT2D eigenvalue weighted by Gasteiger charge is 2.10. The van der Waals surface area contributed by atoms with Gasteiger partial charge in [0.15, 0.2) is 0 Å². The van der Waals surface area contributed by atoms with Crippen LogP contribution in [0.2, 0.25) is 0 Å². The van der Waals surface area contributed by atoms with Gasteiger partial charge in [-0.3, -0.25) is 4.90 Å². The molecule has 1 aromatic heterocycles. The molecule has 21 heavy (non-hydrogen) atoms. The van der Waals surface area contributed by atoms with Crippen molar-refractivity contribution in [3.05, 3.63) is 72.0 Å². The van der Waals surface area contributed by atoms with Crippen LogP contribution in [0.1, 0.15) is 11.3 Å². The van der Waals surface area contributed by atoms with Gasteiger partial charge in [0.25, 0.3) is 0 Å². The van der Waals surface area contributed by atoms with Crippen LogP contribution in [0.3, 0.4) is 0 Å². The van der Waals surface area contributed by atoms with Crippen LogP contribution < -0.4 is 5.73 Å². The van der Waals surface area contributed by atoms with E-state index in [1.165, 1.54) is 5.56 Å². The van der Waals surface area contributed by atoms with E-state index in [-0.39, 0.29) is 0 Å². The lowest BCUT2D eigenvalue weighted by Crippen LogP contribution is -2.28. The molecule has 108 valence electrons. The van der Waals surface area contributed by atoms with E-state index in [0.717, 1.165) is 36.4 Å². The fourth-order valence-electron chi connectivity index (χ4n) is 2.57. The second-order valence-corrected chi connectivity index (χ2v) is 5.24. The van der Waals surface area contributed by atoms with E-state index in [1.54, 1.807) is 0 Å². The first-order valence-electron chi connectivity index (χ1n) is 7.29. The number of hydrogen-bond donors (Lipinski definition) is 1. The van der Waals surface area contributed by atoms with Crippen LogP contribution in [0.5, 0.6) is 0 Å². The van der Waals surface area contributed by atoms with E-state index >= 15 is 0 Å². The number of nitrogens with zero attached hydrogens (tertiary/aromatic N) is 1. The summed E-state index contributed by atoms with van der Waals surface area (Å²) in [5, 5.41) is 1.15. The fraction of sp³-hybridized carbons (Fsp3) is 0.222. The maximum absolute atomic E-state index is 5.90. The summed E-state index contributed by atoms with van der Waals surface area (Å²) in [6, 6.07) is 20.7. The molecule has 0 atom stereocenters. The Kier molecular flexibility index (Phi) is 4.34. The van der Waals surface area contributed by atoms with Crippen molar-refractivity contribution in [2.45, 2.75) is 13.1 Å². The van der Waals surface area contributed by atoms with Gasteiger partial charge in [0.1, 0.15) is 11.3 Å². The number of rotatable bonds is 6. The lowest BCUT2D eigenvalue weighted by atomic mass is 10.2. The maximum Gasteiger partial charge on any atom is 0.134 e. The molecule has 0 fully saturated rings. The van der Waals surface area contributed by atoms with Crippen molar-refractivity contribution >= 4 is 11.0 Å². The predicted octanol–water partition coefficient (Wildman–Crippen LogP) is 3.39. The van der Waals surface area contributed by atoms with Crippen LogP contribution in [0.4, 0.5) is 0 Å². The van der Waals surface area contributed by atoms with E-state index in [9.17, 15) is 0 Å². The van der Waals surface area contributed by atoms with E-state index in [2.05, 4.69) is 41.3 Å². The fourth-order valence-corrected chi connectivity index (χ4v) is 2.57. The number of benzene rings is 2. The predicted molar refractivity (Wildman–Crippen MR) is 85.8 cm³/mol. The first kappa shape index (κ1) is 13.9. The number of hydrogen-bond acceptors (Lipinski definition) is 3. The molecule has 0 aliphatic carbocycles. The average Bonchev–Trinajstić information content (AvgIpc) is 2.90. The Labute approximate surface area is 125 Å². The molecule has 0 unspecified atom stereocenters. The molecule has 0 saturated carbocycles. The number of nitrogens with two attached hydrogens (primary N) is 1. The van der Waals surface area contributed by atoms with Crippen molar-refractivity contribution in [3.8, 4) is 0 Å². The molecule has 0 radical (unpaired) electrons. The minimum Gasteiger partial charge on any atom is -0.460 e. The van der Waals surface area contributed by atoms with Crippen LogP contribution in [0.15, 0.2) is 65.1 Å². The Bertz CT molecular complexity index is 658. The van der Waals surface area contributed by atoms with Crippen molar-refractivity contribution in [2.24, 2.45) is 5.73 Å². The van der Waals surface area contributed by atoms with Crippen molar-refractivity contribution in [1.82, 2.24) is 4.90 Å². The smallest absolute Gasteiger partial charge is 0.134 e. The van der Waals surface area contributed by atoms with Crippen molar-refractivity contribution in [1.29, 1.82) is 0 Å². The van der Waals surface area contributed by atoms with E-state index in [4.69, 9.17) is 10.2 Å². The van der Waals surface area contributed by atoms with Gasteiger partial charge in [-0.1, -0.05) is 48.5 Å². The van der Waals surface area contributed by atoms with Crippen molar-refractivity contribution < 1.29 is 4.42 Å². The minimum atomic E-state index is 0.646. The first-order chi connectivity index (χ1) is 10.3. The second-order valence-electron chi connectivity index (χ2n) is 5.24. The van der Waals surface area contributed by atoms with Gasteiger partial charge in [-0.2, -0.15) is 0 Å². The Morgan fingerprint density at radius 3 is 2.43 bits per heavy atom. The van der Waals surface area contributed by atoms with Gasteiger partial charge in [-0.05, 0) is 17.7 Å². The maximum atomic E-state index is 5.90. The molecule has 3 nitrogen and oxygen atoms in total. The van der Waals surface area contributed by atoms with Crippen LogP contribution in [0.25, 0.3) is 11.0 Å². The Hall–Kier alpha value is -2.10. The topological polar surface area (TPSA) is 42.4 Å². The molecule has 2 aromatic carbocycles. The Morgan fingerprint density at radius 1 is 0.905 bits per heavy atom. The standard InChI is InChI=1S/C18H20N2O/c19-10-11-20(13-15-6-2-1-3-7-15)14-17-12-16-8-4-5-9-18(16)21-17/h1-9,12H,10-11,13-14,19H2. The van der Waals surface area contributed by atoms with Gasteiger partial charge >= 0.3 is 0 Å². The van der Waals surface area contributed by atoms with Crippen molar-refractivity contribution in [3.63, 3.8) is 0 Å². The first-order valence-corrected chi connectivity index (χ1v) is 7.29. The molecule has 0 bridgehead atoms. The summed E-state index contributed by atoms with van der Waals surface area (Å²) < 4.78 is 5.90. The van der Waals surface area contributed by atoms with Gasteiger partial charge < -0.3 is 10.2 Å². The monoisotopic (exact) mass is 280 g/mol. The molecule has 0 spiro atoms.